The summed E-state index contributed by atoms with van der Waals surface area (Å²) in [7, 11) is 1.49. The summed E-state index contributed by atoms with van der Waals surface area (Å²) in [6, 6.07) is 14.5. The van der Waals surface area contributed by atoms with Crippen molar-refractivity contribution >= 4 is 22.7 Å². The van der Waals surface area contributed by atoms with Gasteiger partial charge in [-0.05, 0) is 42.0 Å². The van der Waals surface area contributed by atoms with Crippen LogP contribution in [0.1, 0.15) is 27.9 Å². The first-order chi connectivity index (χ1) is 16.0. The van der Waals surface area contributed by atoms with Gasteiger partial charge in [-0.1, -0.05) is 24.3 Å². The monoisotopic (exact) mass is 447 g/mol. The van der Waals surface area contributed by atoms with Gasteiger partial charge in [0.25, 0.3) is 5.91 Å². The molecule has 0 spiro atoms. The molecule has 0 aliphatic carbocycles. The Kier molecular flexibility index (Phi) is 4.97. The average Bonchev–Trinajstić information content (AvgIpc) is 3.54. The Balaban J connectivity index is 1.61. The van der Waals surface area contributed by atoms with Crippen LogP contribution in [0.25, 0.3) is 11.0 Å². The van der Waals surface area contributed by atoms with Crippen LogP contribution >= 0.6 is 0 Å². The summed E-state index contributed by atoms with van der Waals surface area (Å²) in [4.78, 5) is 27.8. The first-order valence-corrected chi connectivity index (χ1v) is 10.1. The van der Waals surface area contributed by atoms with Gasteiger partial charge in [-0.15, -0.1) is 0 Å². The van der Waals surface area contributed by atoms with Crippen LogP contribution in [0.4, 0.5) is 4.39 Å². The highest BCUT2D eigenvalue weighted by atomic mass is 19.1. The summed E-state index contributed by atoms with van der Waals surface area (Å²) >= 11 is 0. The van der Waals surface area contributed by atoms with Crippen LogP contribution in [0, 0.1) is 5.82 Å². The third kappa shape index (κ3) is 3.45. The van der Waals surface area contributed by atoms with Crippen molar-refractivity contribution in [1.29, 1.82) is 0 Å². The zero-order valence-electron chi connectivity index (χ0n) is 17.4. The largest absolute Gasteiger partial charge is 0.503 e. The lowest BCUT2D eigenvalue weighted by Gasteiger charge is -2.25. The lowest BCUT2D eigenvalue weighted by Crippen LogP contribution is -2.30. The zero-order chi connectivity index (χ0) is 23.1. The van der Waals surface area contributed by atoms with E-state index in [2.05, 4.69) is 0 Å². The topological polar surface area (TPSA) is 93.1 Å². The number of fused-ring (bicyclic) bond motifs is 1. The molecule has 0 saturated carbocycles. The Hall–Kier alpha value is -4.33. The Morgan fingerprint density at radius 1 is 1.15 bits per heavy atom. The number of hydrogen-bond donors (Lipinski definition) is 1. The molecular formula is C25H18FNO6. The number of Topliss-reactive ketones (excluding diaryl/α,β-unsaturated/α-hetero) is 1. The van der Waals surface area contributed by atoms with Gasteiger partial charge < -0.3 is 23.6 Å². The number of amides is 1. The number of benzene rings is 2. The van der Waals surface area contributed by atoms with Crippen LogP contribution in [0.3, 0.4) is 0 Å². The predicted molar refractivity (Wildman–Crippen MR) is 115 cm³/mol. The minimum Gasteiger partial charge on any atom is -0.503 e. The number of aliphatic hydroxyl groups is 1. The van der Waals surface area contributed by atoms with Crippen molar-refractivity contribution in [3.8, 4) is 5.75 Å². The van der Waals surface area contributed by atoms with Crippen molar-refractivity contribution in [3.05, 3.63) is 101 Å². The Morgan fingerprint density at radius 3 is 2.64 bits per heavy atom. The van der Waals surface area contributed by atoms with Crippen molar-refractivity contribution in [2.45, 2.75) is 12.6 Å². The molecule has 0 saturated heterocycles. The molecule has 3 heterocycles. The fourth-order valence-corrected chi connectivity index (χ4v) is 4.05. The molecule has 0 fully saturated rings. The van der Waals surface area contributed by atoms with Crippen molar-refractivity contribution < 1.29 is 32.7 Å². The molecule has 166 valence electrons. The van der Waals surface area contributed by atoms with Gasteiger partial charge in [-0.3, -0.25) is 9.59 Å². The molecule has 1 atom stereocenters. The standard InChI is InChI=1S/C25H18FNO6/c1-31-18-6-2-4-15-12-19(33-24(15)18)22(28)20-21(14-7-9-16(26)10-8-14)27(25(30)23(20)29)13-17-5-3-11-32-17/h2-12,21,29H,13H2,1H3/t21-/m0/s1. The van der Waals surface area contributed by atoms with Gasteiger partial charge in [-0.2, -0.15) is 0 Å². The third-order valence-electron chi connectivity index (χ3n) is 5.59. The molecule has 1 aliphatic heterocycles. The Bertz CT molecular complexity index is 1380. The molecule has 4 aromatic rings. The van der Waals surface area contributed by atoms with Crippen molar-refractivity contribution in [2.24, 2.45) is 0 Å². The molecule has 1 aliphatic rings. The van der Waals surface area contributed by atoms with Crippen molar-refractivity contribution in [3.63, 3.8) is 0 Å². The second-order valence-corrected chi connectivity index (χ2v) is 7.55. The fraction of sp³-hybridized carbons (Fsp3) is 0.120. The SMILES string of the molecule is COc1cccc2cc(C(=O)C3=C(O)C(=O)N(Cc4ccco4)[C@H]3c3ccc(F)cc3)oc12. The van der Waals surface area contributed by atoms with Crippen LogP contribution in [0.5, 0.6) is 5.75 Å². The molecule has 2 aromatic heterocycles. The number of carbonyl (C=O) groups is 2. The summed E-state index contributed by atoms with van der Waals surface area (Å²) in [5.41, 5.74) is 0.673. The molecular weight excluding hydrogens is 429 g/mol. The number of halogens is 1. The number of furan rings is 2. The van der Waals surface area contributed by atoms with Crippen LogP contribution in [0.2, 0.25) is 0 Å². The van der Waals surface area contributed by atoms with E-state index >= 15 is 0 Å². The van der Waals surface area contributed by atoms with E-state index in [1.165, 1.54) is 48.6 Å². The molecule has 1 amide bonds. The highest BCUT2D eigenvalue weighted by molar-refractivity contribution is 6.16. The van der Waals surface area contributed by atoms with E-state index in [1.54, 1.807) is 30.3 Å². The van der Waals surface area contributed by atoms with Gasteiger partial charge in [-0.25, -0.2) is 4.39 Å². The van der Waals surface area contributed by atoms with Crippen LogP contribution in [-0.4, -0.2) is 28.8 Å². The number of ketones is 1. The molecule has 8 heteroatoms. The van der Waals surface area contributed by atoms with Crippen LogP contribution < -0.4 is 4.74 Å². The van der Waals surface area contributed by atoms with Crippen LogP contribution in [-0.2, 0) is 11.3 Å². The number of carbonyl (C=O) groups excluding carboxylic acids is 2. The number of ether oxygens (including phenoxy) is 1. The van der Waals surface area contributed by atoms with E-state index in [-0.39, 0.29) is 17.9 Å². The average molecular weight is 447 g/mol. The first kappa shape index (κ1) is 20.6. The summed E-state index contributed by atoms with van der Waals surface area (Å²) in [6.45, 7) is 0.00265. The molecule has 0 bridgehead atoms. The number of para-hydroxylation sites is 1. The number of rotatable bonds is 6. The maximum absolute atomic E-state index is 13.6. The van der Waals surface area contributed by atoms with E-state index in [0.717, 1.165) is 0 Å². The third-order valence-corrected chi connectivity index (χ3v) is 5.59. The minimum atomic E-state index is -0.967. The highest BCUT2D eigenvalue weighted by Crippen LogP contribution is 2.41. The second-order valence-electron chi connectivity index (χ2n) is 7.55. The quantitative estimate of drug-likeness (QED) is 0.421. The fourth-order valence-electron chi connectivity index (χ4n) is 4.05. The smallest absolute Gasteiger partial charge is 0.290 e. The maximum atomic E-state index is 13.6. The molecule has 1 N–H and O–H groups in total. The minimum absolute atomic E-state index is 0.00265. The lowest BCUT2D eigenvalue weighted by molar-refractivity contribution is -0.130. The molecule has 0 radical (unpaired) electrons. The summed E-state index contributed by atoms with van der Waals surface area (Å²) in [5, 5.41) is 11.4. The highest BCUT2D eigenvalue weighted by Gasteiger charge is 2.45. The van der Waals surface area contributed by atoms with Gasteiger partial charge in [0.15, 0.2) is 22.9 Å². The van der Waals surface area contributed by atoms with Crippen molar-refractivity contribution in [2.75, 3.05) is 7.11 Å². The first-order valence-electron chi connectivity index (χ1n) is 10.1. The summed E-state index contributed by atoms with van der Waals surface area (Å²) < 4.78 is 30.0. The van der Waals surface area contributed by atoms with Gasteiger partial charge >= 0.3 is 0 Å². The molecule has 2 aromatic carbocycles. The summed E-state index contributed by atoms with van der Waals surface area (Å²) in [6.07, 6.45) is 1.46. The van der Waals surface area contributed by atoms with Gasteiger partial charge in [0.2, 0.25) is 5.78 Å². The normalized spacial score (nSPS) is 16.1. The number of hydrogen-bond acceptors (Lipinski definition) is 6. The molecule has 0 unspecified atom stereocenters. The number of methoxy groups -OCH3 is 1. The maximum Gasteiger partial charge on any atom is 0.290 e. The Labute approximate surface area is 187 Å². The van der Waals surface area contributed by atoms with E-state index in [0.29, 0.717) is 28.0 Å². The molecule has 7 nitrogen and oxygen atoms in total. The van der Waals surface area contributed by atoms with Crippen LogP contribution in [0.15, 0.2) is 87.1 Å². The second kappa shape index (κ2) is 7.98. The predicted octanol–water partition coefficient (Wildman–Crippen LogP) is 4.95. The van der Waals surface area contributed by atoms with E-state index < -0.39 is 29.3 Å². The molecule has 5 rings (SSSR count). The Morgan fingerprint density at radius 2 is 1.94 bits per heavy atom. The zero-order valence-corrected chi connectivity index (χ0v) is 17.4. The van der Waals surface area contributed by atoms with Gasteiger partial charge in [0, 0.05) is 5.39 Å². The van der Waals surface area contributed by atoms with Gasteiger partial charge in [0.1, 0.15) is 11.6 Å². The van der Waals surface area contributed by atoms with E-state index in [1.807, 2.05) is 0 Å². The van der Waals surface area contributed by atoms with Gasteiger partial charge in [0.05, 0.1) is 31.5 Å². The number of nitrogens with zero attached hydrogens (tertiary/aromatic N) is 1. The van der Waals surface area contributed by atoms with Crippen molar-refractivity contribution in [1.82, 2.24) is 4.90 Å². The van der Waals surface area contributed by atoms with E-state index in [9.17, 15) is 19.1 Å². The number of aliphatic hydroxyl groups excluding tert-OH is 1. The lowest BCUT2D eigenvalue weighted by atomic mass is 9.95. The summed E-state index contributed by atoms with van der Waals surface area (Å²) in [5.74, 6) is -1.70. The van der Waals surface area contributed by atoms with E-state index in [4.69, 9.17) is 13.6 Å². The molecule has 33 heavy (non-hydrogen) atoms.